The quantitative estimate of drug-likeness (QED) is 0.743. The number of para-hydroxylation sites is 1. The van der Waals surface area contributed by atoms with Crippen molar-refractivity contribution in [1.82, 2.24) is 9.55 Å². The van der Waals surface area contributed by atoms with E-state index in [0.29, 0.717) is 5.69 Å². The zero-order valence-electron chi connectivity index (χ0n) is 13.8. The number of carbonyl (C=O) groups is 1. The smallest absolute Gasteiger partial charge is 0.262 e. The summed E-state index contributed by atoms with van der Waals surface area (Å²) >= 11 is 1.75. The maximum absolute atomic E-state index is 13.5. The first-order chi connectivity index (χ1) is 12.7. The first kappa shape index (κ1) is 16.7. The summed E-state index contributed by atoms with van der Waals surface area (Å²) in [4.78, 5) is 16.6. The highest BCUT2D eigenvalue weighted by Crippen LogP contribution is 2.29. The summed E-state index contributed by atoms with van der Waals surface area (Å²) in [7, 11) is 0. The van der Waals surface area contributed by atoms with Gasteiger partial charge in [-0.25, -0.2) is 9.37 Å². The SMILES string of the molecule is O=C(COc1ccccc1F)Nc1ccc(-c2cn3c(n2)SCC3)cc1. The molecule has 0 atom stereocenters. The van der Waals surface area contributed by atoms with Crippen LogP contribution >= 0.6 is 11.8 Å². The monoisotopic (exact) mass is 369 g/mol. The van der Waals surface area contributed by atoms with Gasteiger partial charge in [0, 0.05) is 29.7 Å². The van der Waals surface area contributed by atoms with Gasteiger partial charge in [0.25, 0.3) is 5.91 Å². The minimum atomic E-state index is -0.491. The fraction of sp³-hybridized carbons (Fsp3) is 0.158. The van der Waals surface area contributed by atoms with Crippen LogP contribution in [0.15, 0.2) is 59.9 Å². The van der Waals surface area contributed by atoms with Crippen molar-refractivity contribution in [3.8, 4) is 17.0 Å². The van der Waals surface area contributed by atoms with Crippen LogP contribution in [0.25, 0.3) is 11.3 Å². The molecule has 132 valence electrons. The highest BCUT2D eigenvalue weighted by Gasteiger charge is 2.15. The Balaban J connectivity index is 1.36. The van der Waals surface area contributed by atoms with Gasteiger partial charge in [0.1, 0.15) is 0 Å². The topological polar surface area (TPSA) is 56.1 Å². The van der Waals surface area contributed by atoms with Gasteiger partial charge in [-0.2, -0.15) is 0 Å². The molecule has 3 aromatic rings. The summed E-state index contributed by atoms with van der Waals surface area (Å²) in [5.41, 5.74) is 2.57. The van der Waals surface area contributed by atoms with Crippen LogP contribution in [0.2, 0.25) is 0 Å². The van der Waals surface area contributed by atoms with Crippen LogP contribution in [0.1, 0.15) is 0 Å². The molecule has 0 saturated carbocycles. The maximum Gasteiger partial charge on any atom is 0.262 e. The average Bonchev–Trinajstić information content (AvgIpc) is 3.24. The van der Waals surface area contributed by atoms with Crippen LogP contribution in [0.4, 0.5) is 10.1 Å². The third-order valence-corrected chi connectivity index (χ3v) is 4.93. The fourth-order valence-corrected chi connectivity index (χ4v) is 3.62. The number of aromatic nitrogens is 2. The number of hydrogen-bond donors (Lipinski definition) is 1. The standard InChI is InChI=1S/C19H16FN3O2S/c20-15-3-1-2-4-17(15)25-12-18(24)21-14-7-5-13(6-8-14)16-11-23-9-10-26-19(23)22-16/h1-8,11H,9-10,12H2,(H,21,24). The van der Waals surface area contributed by atoms with Crippen molar-refractivity contribution in [2.75, 3.05) is 17.7 Å². The number of amides is 1. The number of nitrogens with zero attached hydrogens (tertiary/aromatic N) is 2. The summed E-state index contributed by atoms with van der Waals surface area (Å²) in [6.45, 7) is 0.733. The molecule has 0 aliphatic carbocycles. The number of ether oxygens (including phenoxy) is 1. The molecular formula is C19H16FN3O2S. The molecule has 1 aromatic heterocycles. The van der Waals surface area contributed by atoms with Gasteiger partial charge in [-0.15, -0.1) is 0 Å². The number of benzene rings is 2. The Morgan fingerprint density at radius 2 is 2.04 bits per heavy atom. The van der Waals surface area contributed by atoms with E-state index in [1.54, 1.807) is 23.9 Å². The Hall–Kier alpha value is -2.80. The number of carbonyl (C=O) groups excluding carboxylic acids is 1. The third kappa shape index (κ3) is 3.57. The molecule has 1 N–H and O–H groups in total. The highest BCUT2D eigenvalue weighted by atomic mass is 32.2. The number of thioether (sulfide) groups is 1. The van der Waals surface area contributed by atoms with Gasteiger partial charge in [-0.05, 0) is 24.3 Å². The zero-order chi connectivity index (χ0) is 17.9. The minimum Gasteiger partial charge on any atom is -0.481 e. The summed E-state index contributed by atoms with van der Waals surface area (Å²) < 4.78 is 20.8. The number of nitrogens with one attached hydrogen (secondary N) is 1. The van der Waals surface area contributed by atoms with Crippen molar-refractivity contribution in [1.29, 1.82) is 0 Å². The number of aryl methyl sites for hydroxylation is 1. The number of halogens is 1. The molecule has 2 heterocycles. The van der Waals surface area contributed by atoms with Crippen molar-refractivity contribution in [2.45, 2.75) is 11.7 Å². The van der Waals surface area contributed by atoms with Gasteiger partial charge in [0.05, 0.1) is 5.69 Å². The molecule has 0 unspecified atom stereocenters. The van der Waals surface area contributed by atoms with Crippen LogP contribution in [0.3, 0.4) is 0 Å². The normalized spacial score (nSPS) is 12.7. The number of anilines is 1. The predicted octanol–water partition coefficient (Wildman–Crippen LogP) is 3.81. The molecule has 7 heteroatoms. The second kappa shape index (κ2) is 7.21. The molecule has 1 aliphatic rings. The number of rotatable bonds is 5. The minimum absolute atomic E-state index is 0.0590. The summed E-state index contributed by atoms with van der Waals surface area (Å²) in [5, 5.41) is 3.78. The van der Waals surface area contributed by atoms with Gasteiger partial charge >= 0.3 is 0 Å². The Labute approximate surface area is 154 Å². The van der Waals surface area contributed by atoms with Crippen molar-refractivity contribution in [2.24, 2.45) is 0 Å². The van der Waals surface area contributed by atoms with E-state index in [0.717, 1.165) is 28.7 Å². The lowest BCUT2D eigenvalue weighted by molar-refractivity contribution is -0.118. The van der Waals surface area contributed by atoms with E-state index in [-0.39, 0.29) is 18.3 Å². The van der Waals surface area contributed by atoms with Crippen LogP contribution < -0.4 is 10.1 Å². The van der Waals surface area contributed by atoms with Crippen LogP contribution in [-0.2, 0) is 11.3 Å². The molecule has 0 spiro atoms. The zero-order valence-corrected chi connectivity index (χ0v) is 14.6. The summed E-state index contributed by atoms with van der Waals surface area (Å²) in [6, 6.07) is 13.4. The largest absolute Gasteiger partial charge is 0.481 e. The first-order valence-electron chi connectivity index (χ1n) is 8.16. The lowest BCUT2D eigenvalue weighted by atomic mass is 10.1. The summed E-state index contributed by atoms with van der Waals surface area (Å²) in [5.74, 6) is 0.291. The van der Waals surface area contributed by atoms with E-state index in [9.17, 15) is 9.18 Å². The van der Waals surface area contributed by atoms with E-state index in [2.05, 4.69) is 14.9 Å². The Morgan fingerprint density at radius 1 is 1.23 bits per heavy atom. The third-order valence-electron chi connectivity index (χ3n) is 3.96. The van der Waals surface area contributed by atoms with Gasteiger partial charge in [0.2, 0.25) is 0 Å². The first-order valence-corrected chi connectivity index (χ1v) is 9.15. The molecule has 0 radical (unpaired) electrons. The van der Waals surface area contributed by atoms with Crippen LogP contribution in [0.5, 0.6) is 5.75 Å². The van der Waals surface area contributed by atoms with E-state index in [1.807, 2.05) is 30.5 Å². The van der Waals surface area contributed by atoms with Crippen molar-refractivity contribution in [3.05, 3.63) is 60.5 Å². The molecule has 0 fully saturated rings. The van der Waals surface area contributed by atoms with Crippen molar-refractivity contribution >= 4 is 23.4 Å². The average molecular weight is 369 g/mol. The number of fused-ring (bicyclic) bond motifs is 1. The second-order valence-electron chi connectivity index (χ2n) is 5.80. The maximum atomic E-state index is 13.5. The van der Waals surface area contributed by atoms with Crippen LogP contribution in [-0.4, -0.2) is 27.8 Å². The molecule has 0 bridgehead atoms. The lowest BCUT2D eigenvalue weighted by Crippen LogP contribution is -2.20. The lowest BCUT2D eigenvalue weighted by Gasteiger charge is -2.08. The van der Waals surface area contributed by atoms with Gasteiger partial charge in [-0.3, -0.25) is 4.79 Å². The van der Waals surface area contributed by atoms with Crippen LogP contribution in [0, 0.1) is 5.82 Å². The number of imidazole rings is 1. The van der Waals surface area contributed by atoms with E-state index < -0.39 is 5.82 Å². The number of hydrogen-bond acceptors (Lipinski definition) is 4. The molecular weight excluding hydrogens is 353 g/mol. The van der Waals surface area contributed by atoms with Gasteiger partial charge in [0.15, 0.2) is 23.3 Å². The molecule has 5 nitrogen and oxygen atoms in total. The molecule has 2 aromatic carbocycles. The molecule has 1 amide bonds. The Bertz CT molecular complexity index is 919. The van der Waals surface area contributed by atoms with Gasteiger partial charge in [-0.1, -0.05) is 36.0 Å². The van der Waals surface area contributed by atoms with E-state index >= 15 is 0 Å². The molecule has 4 rings (SSSR count). The molecule has 0 saturated heterocycles. The molecule has 1 aliphatic heterocycles. The predicted molar refractivity (Wildman–Crippen MR) is 98.9 cm³/mol. The van der Waals surface area contributed by atoms with Crippen molar-refractivity contribution < 1.29 is 13.9 Å². The molecule has 26 heavy (non-hydrogen) atoms. The van der Waals surface area contributed by atoms with E-state index in [4.69, 9.17) is 4.74 Å². The van der Waals surface area contributed by atoms with E-state index in [1.165, 1.54) is 12.1 Å². The van der Waals surface area contributed by atoms with Gasteiger partial charge < -0.3 is 14.6 Å². The second-order valence-corrected chi connectivity index (χ2v) is 6.86. The fourth-order valence-electron chi connectivity index (χ4n) is 2.68. The Morgan fingerprint density at radius 3 is 2.81 bits per heavy atom. The highest BCUT2D eigenvalue weighted by molar-refractivity contribution is 7.99. The Kier molecular flexibility index (Phi) is 4.62. The summed E-state index contributed by atoms with van der Waals surface area (Å²) in [6.07, 6.45) is 2.05. The van der Waals surface area contributed by atoms with Crippen molar-refractivity contribution in [3.63, 3.8) is 0 Å².